The molecule has 0 unspecified atom stereocenters. The van der Waals surface area contributed by atoms with E-state index in [0.29, 0.717) is 16.5 Å². The van der Waals surface area contributed by atoms with Gasteiger partial charge in [0.1, 0.15) is 16.6 Å². The van der Waals surface area contributed by atoms with Crippen LogP contribution in [0.15, 0.2) is 24.3 Å². The van der Waals surface area contributed by atoms with Crippen LogP contribution in [0.3, 0.4) is 0 Å². The summed E-state index contributed by atoms with van der Waals surface area (Å²) in [6.45, 7) is 0.0635. The Hall–Kier alpha value is -1.57. The minimum absolute atomic E-state index is 0.0635. The van der Waals surface area contributed by atoms with Crippen LogP contribution in [0.5, 0.6) is 0 Å². The quantitative estimate of drug-likeness (QED) is 0.666. The van der Waals surface area contributed by atoms with Gasteiger partial charge in [0.2, 0.25) is 0 Å². The second-order valence-corrected chi connectivity index (χ2v) is 6.70. The zero-order valence-corrected chi connectivity index (χ0v) is 13.2. The van der Waals surface area contributed by atoms with Crippen LogP contribution < -0.4 is 0 Å². The molecule has 0 saturated heterocycles. The summed E-state index contributed by atoms with van der Waals surface area (Å²) in [4.78, 5) is 16.2. The molecular weight excluding hydrogens is 330 g/mol. The first-order valence-electron chi connectivity index (χ1n) is 6.19. The lowest BCUT2D eigenvalue weighted by molar-refractivity contribution is -0.145. The Morgan fingerprint density at radius 2 is 2.19 bits per heavy atom. The van der Waals surface area contributed by atoms with Crippen LogP contribution in [-0.2, 0) is 22.6 Å². The van der Waals surface area contributed by atoms with Gasteiger partial charge in [0.15, 0.2) is 0 Å². The number of carbonyl (C=O) groups is 1. The fraction of sp³-hybridized carbons (Fsp3) is 0.231. The molecule has 0 saturated carbocycles. The minimum atomic E-state index is -0.293. The van der Waals surface area contributed by atoms with Gasteiger partial charge in [-0.1, -0.05) is 28.2 Å². The Bertz CT molecular complexity index is 738. The number of rotatable bonds is 5. The summed E-state index contributed by atoms with van der Waals surface area (Å²) in [5.74, 6) is -0.293. The maximum absolute atomic E-state index is 11.7. The summed E-state index contributed by atoms with van der Waals surface area (Å²) in [6.07, 6.45) is 0.857. The van der Waals surface area contributed by atoms with Crippen molar-refractivity contribution in [3.05, 3.63) is 39.3 Å². The first-order valence-corrected chi connectivity index (χ1v) is 8.16. The van der Waals surface area contributed by atoms with E-state index in [1.165, 1.54) is 0 Å². The Morgan fingerprint density at radius 1 is 1.33 bits per heavy atom. The topological polar surface area (TPSA) is 65.0 Å². The highest BCUT2D eigenvalue weighted by Gasteiger charge is 2.11. The second-order valence-electron chi connectivity index (χ2n) is 4.23. The molecule has 3 rings (SSSR count). The van der Waals surface area contributed by atoms with E-state index < -0.39 is 0 Å². The lowest BCUT2D eigenvalue weighted by atomic mass is 10.3. The highest BCUT2D eigenvalue weighted by Crippen LogP contribution is 2.22. The summed E-state index contributed by atoms with van der Waals surface area (Å²) in [6, 6.07) is 7.91. The van der Waals surface area contributed by atoms with E-state index in [4.69, 9.17) is 16.3 Å². The number of esters is 1. The van der Waals surface area contributed by atoms with Gasteiger partial charge in [0.05, 0.1) is 21.6 Å². The molecule has 0 bridgehead atoms. The van der Waals surface area contributed by atoms with Gasteiger partial charge < -0.3 is 4.74 Å². The predicted molar refractivity (Wildman–Crippen MR) is 82.7 cm³/mol. The molecule has 1 aromatic carbocycles. The molecule has 0 fully saturated rings. The van der Waals surface area contributed by atoms with Crippen molar-refractivity contribution in [3.8, 4) is 0 Å². The minimum Gasteiger partial charge on any atom is -0.459 e. The van der Waals surface area contributed by atoms with Crippen LogP contribution in [0.2, 0.25) is 4.34 Å². The second kappa shape index (κ2) is 6.46. The van der Waals surface area contributed by atoms with Gasteiger partial charge >= 0.3 is 5.97 Å². The lowest BCUT2D eigenvalue weighted by Gasteiger charge is -2.01. The Labute approximate surface area is 133 Å². The third-order valence-corrected chi connectivity index (χ3v) is 4.84. The molecule has 21 heavy (non-hydrogen) atoms. The zero-order valence-electron chi connectivity index (χ0n) is 10.8. The van der Waals surface area contributed by atoms with Gasteiger partial charge in [0.25, 0.3) is 0 Å². The molecule has 0 aliphatic rings. The van der Waals surface area contributed by atoms with E-state index in [1.807, 2.05) is 24.3 Å². The van der Waals surface area contributed by atoms with Crippen molar-refractivity contribution in [2.45, 2.75) is 19.4 Å². The van der Waals surface area contributed by atoms with Crippen LogP contribution >= 0.6 is 34.5 Å². The number of nitrogens with zero attached hydrogens (tertiary/aromatic N) is 3. The zero-order chi connectivity index (χ0) is 14.7. The first-order chi connectivity index (χ1) is 10.2. The van der Waals surface area contributed by atoms with E-state index in [1.54, 1.807) is 11.3 Å². The number of benzene rings is 1. The number of hydrogen-bond donors (Lipinski definition) is 0. The average molecular weight is 340 g/mol. The summed E-state index contributed by atoms with van der Waals surface area (Å²) >= 11 is 8.51. The SMILES string of the molecule is O=C(CCc1nc2ccccc2s1)OCc1nnsc1Cl. The van der Waals surface area contributed by atoms with Gasteiger partial charge in [0, 0.05) is 18.0 Å². The fourth-order valence-corrected chi connectivity index (χ4v) is 3.31. The number of fused-ring (bicyclic) bond motifs is 1. The molecule has 0 aliphatic heterocycles. The van der Waals surface area contributed by atoms with Crippen LogP contribution in [0.25, 0.3) is 10.2 Å². The van der Waals surface area contributed by atoms with Crippen molar-refractivity contribution in [3.63, 3.8) is 0 Å². The van der Waals surface area contributed by atoms with E-state index in [-0.39, 0.29) is 19.0 Å². The standard InChI is InChI=1S/C13H10ClN3O2S2/c14-13-9(16-17-21-13)7-19-12(18)6-5-11-15-8-3-1-2-4-10(8)20-11/h1-4H,5-7H2. The van der Waals surface area contributed by atoms with Crippen molar-refractivity contribution in [1.82, 2.24) is 14.6 Å². The molecule has 0 radical (unpaired) electrons. The number of ether oxygens (including phenoxy) is 1. The summed E-state index contributed by atoms with van der Waals surface area (Å²) in [5, 5.41) is 4.72. The molecule has 108 valence electrons. The van der Waals surface area contributed by atoms with Crippen molar-refractivity contribution in [2.24, 2.45) is 0 Å². The summed E-state index contributed by atoms with van der Waals surface area (Å²) in [5.41, 5.74) is 1.46. The highest BCUT2D eigenvalue weighted by atomic mass is 35.5. The number of aromatic nitrogens is 3. The molecule has 0 spiro atoms. The van der Waals surface area contributed by atoms with Crippen LogP contribution in [0.1, 0.15) is 17.1 Å². The van der Waals surface area contributed by atoms with Crippen LogP contribution in [0, 0.1) is 0 Å². The molecule has 0 N–H and O–H groups in total. The van der Waals surface area contributed by atoms with E-state index in [2.05, 4.69) is 14.6 Å². The fourth-order valence-electron chi connectivity index (χ4n) is 1.74. The van der Waals surface area contributed by atoms with Gasteiger partial charge in [-0.3, -0.25) is 4.79 Å². The first kappa shape index (κ1) is 14.4. The van der Waals surface area contributed by atoms with Gasteiger partial charge in [-0.2, -0.15) is 0 Å². The van der Waals surface area contributed by atoms with Crippen LogP contribution in [-0.4, -0.2) is 20.5 Å². The molecular formula is C13H10ClN3O2S2. The molecule has 2 aromatic heterocycles. The smallest absolute Gasteiger partial charge is 0.306 e. The molecule has 2 heterocycles. The van der Waals surface area contributed by atoms with Crippen LogP contribution in [0.4, 0.5) is 0 Å². The largest absolute Gasteiger partial charge is 0.459 e. The third-order valence-electron chi connectivity index (χ3n) is 2.76. The van der Waals surface area contributed by atoms with Gasteiger partial charge in [-0.15, -0.1) is 16.4 Å². The highest BCUT2D eigenvalue weighted by molar-refractivity contribution is 7.18. The number of para-hydroxylation sites is 1. The monoisotopic (exact) mass is 339 g/mol. The summed E-state index contributed by atoms with van der Waals surface area (Å²) in [7, 11) is 0. The van der Waals surface area contributed by atoms with Gasteiger partial charge in [-0.25, -0.2) is 4.98 Å². The summed E-state index contributed by atoms with van der Waals surface area (Å²) < 4.78 is 10.4. The number of hydrogen-bond acceptors (Lipinski definition) is 7. The molecule has 0 aliphatic carbocycles. The van der Waals surface area contributed by atoms with Crippen molar-refractivity contribution in [1.29, 1.82) is 0 Å². The Morgan fingerprint density at radius 3 is 2.95 bits per heavy atom. The third kappa shape index (κ3) is 3.55. The Balaban J connectivity index is 1.52. The number of carbonyl (C=O) groups excluding carboxylic acids is 1. The maximum Gasteiger partial charge on any atom is 0.306 e. The average Bonchev–Trinajstić information content (AvgIpc) is 3.08. The van der Waals surface area contributed by atoms with Crippen molar-refractivity contribution in [2.75, 3.05) is 0 Å². The van der Waals surface area contributed by atoms with E-state index >= 15 is 0 Å². The molecule has 5 nitrogen and oxygen atoms in total. The van der Waals surface area contributed by atoms with Crippen molar-refractivity contribution < 1.29 is 9.53 Å². The predicted octanol–water partition coefficient (Wildman–Crippen LogP) is 3.48. The number of aryl methyl sites for hydroxylation is 1. The number of thiazole rings is 1. The van der Waals surface area contributed by atoms with E-state index in [0.717, 1.165) is 26.8 Å². The Kier molecular flexibility index (Phi) is 4.42. The molecule has 8 heteroatoms. The van der Waals surface area contributed by atoms with Gasteiger partial charge in [-0.05, 0) is 12.1 Å². The van der Waals surface area contributed by atoms with E-state index in [9.17, 15) is 4.79 Å². The molecule has 3 aromatic rings. The maximum atomic E-state index is 11.7. The normalized spacial score (nSPS) is 10.9. The lowest BCUT2D eigenvalue weighted by Crippen LogP contribution is -2.06. The van der Waals surface area contributed by atoms with Crippen molar-refractivity contribution >= 4 is 50.7 Å². The molecule has 0 atom stereocenters. The molecule has 0 amide bonds. The number of halogens is 1.